The van der Waals surface area contributed by atoms with Crippen molar-refractivity contribution in [3.05, 3.63) is 40.4 Å². The Morgan fingerprint density at radius 3 is 2.82 bits per heavy atom. The first-order valence-electron chi connectivity index (χ1n) is 7.29. The SMILES string of the molecule is Cc1cccc2c(=O)n(CC(=O)NC(C)C(C)CO)cnc12. The number of aromatic nitrogens is 2. The number of aliphatic hydroxyl groups is 1. The fourth-order valence-corrected chi connectivity index (χ4v) is 2.20. The van der Waals surface area contributed by atoms with E-state index in [4.69, 9.17) is 5.11 Å². The Bertz CT molecular complexity index is 739. The number of nitrogens with one attached hydrogen (secondary N) is 1. The summed E-state index contributed by atoms with van der Waals surface area (Å²) in [5.74, 6) is -0.318. The monoisotopic (exact) mass is 303 g/mol. The number of aryl methyl sites for hydroxylation is 1. The summed E-state index contributed by atoms with van der Waals surface area (Å²) in [6, 6.07) is 5.24. The van der Waals surface area contributed by atoms with E-state index in [9.17, 15) is 9.59 Å². The first kappa shape index (κ1) is 16.2. The van der Waals surface area contributed by atoms with Crippen molar-refractivity contribution in [2.24, 2.45) is 5.92 Å². The molecule has 2 N–H and O–H groups in total. The van der Waals surface area contributed by atoms with Crippen LogP contribution in [0.2, 0.25) is 0 Å². The Morgan fingerprint density at radius 1 is 1.41 bits per heavy atom. The minimum absolute atomic E-state index is 0.00178. The molecule has 2 unspecified atom stereocenters. The van der Waals surface area contributed by atoms with Crippen LogP contribution >= 0.6 is 0 Å². The third-order valence-corrected chi connectivity index (χ3v) is 3.90. The molecule has 22 heavy (non-hydrogen) atoms. The van der Waals surface area contributed by atoms with Gasteiger partial charge in [0.25, 0.3) is 5.56 Å². The molecule has 2 rings (SSSR count). The van der Waals surface area contributed by atoms with Crippen molar-refractivity contribution in [2.45, 2.75) is 33.4 Å². The Hall–Kier alpha value is -2.21. The van der Waals surface area contributed by atoms with Crippen LogP contribution in [0, 0.1) is 12.8 Å². The van der Waals surface area contributed by atoms with Crippen molar-refractivity contribution in [3.63, 3.8) is 0 Å². The summed E-state index contributed by atoms with van der Waals surface area (Å²) in [5.41, 5.74) is 1.36. The van der Waals surface area contributed by atoms with E-state index in [1.54, 1.807) is 12.1 Å². The summed E-state index contributed by atoms with van der Waals surface area (Å²) >= 11 is 0. The molecule has 0 fully saturated rings. The van der Waals surface area contributed by atoms with E-state index in [0.29, 0.717) is 10.9 Å². The fraction of sp³-hybridized carbons (Fsp3) is 0.438. The molecule has 118 valence electrons. The number of rotatable bonds is 5. The van der Waals surface area contributed by atoms with Gasteiger partial charge in [0, 0.05) is 12.6 Å². The number of hydrogen-bond donors (Lipinski definition) is 2. The number of nitrogens with zero attached hydrogens (tertiary/aromatic N) is 2. The number of amides is 1. The number of carbonyl (C=O) groups excluding carboxylic acids is 1. The lowest BCUT2D eigenvalue weighted by molar-refractivity contribution is -0.122. The van der Waals surface area contributed by atoms with Crippen LogP contribution in [0.5, 0.6) is 0 Å². The Labute approximate surface area is 128 Å². The number of benzene rings is 1. The van der Waals surface area contributed by atoms with Gasteiger partial charge in [0.1, 0.15) is 6.54 Å². The Balaban J connectivity index is 2.20. The van der Waals surface area contributed by atoms with Gasteiger partial charge in [-0.2, -0.15) is 0 Å². The molecule has 1 heterocycles. The Kier molecular flexibility index (Phi) is 4.92. The molecule has 6 heteroatoms. The molecule has 0 radical (unpaired) electrons. The van der Waals surface area contributed by atoms with E-state index in [-0.39, 0.29) is 36.6 Å². The highest BCUT2D eigenvalue weighted by Crippen LogP contribution is 2.11. The highest BCUT2D eigenvalue weighted by atomic mass is 16.3. The largest absolute Gasteiger partial charge is 0.396 e. The minimum Gasteiger partial charge on any atom is -0.396 e. The van der Waals surface area contributed by atoms with Crippen LogP contribution < -0.4 is 10.9 Å². The number of hydrogen-bond acceptors (Lipinski definition) is 4. The average Bonchev–Trinajstić information content (AvgIpc) is 2.49. The van der Waals surface area contributed by atoms with E-state index in [1.807, 2.05) is 26.8 Å². The highest BCUT2D eigenvalue weighted by molar-refractivity contribution is 5.81. The summed E-state index contributed by atoms with van der Waals surface area (Å²) in [5, 5.41) is 12.4. The second-order valence-electron chi connectivity index (χ2n) is 5.66. The number of para-hydroxylation sites is 1. The molecule has 2 atom stereocenters. The van der Waals surface area contributed by atoms with Crippen LogP contribution in [0.4, 0.5) is 0 Å². The van der Waals surface area contributed by atoms with Gasteiger partial charge in [-0.15, -0.1) is 0 Å². The first-order valence-corrected chi connectivity index (χ1v) is 7.29. The number of fused-ring (bicyclic) bond motifs is 1. The van der Waals surface area contributed by atoms with Crippen LogP contribution in [0.1, 0.15) is 19.4 Å². The second-order valence-corrected chi connectivity index (χ2v) is 5.66. The van der Waals surface area contributed by atoms with Gasteiger partial charge >= 0.3 is 0 Å². The van der Waals surface area contributed by atoms with Crippen molar-refractivity contribution < 1.29 is 9.90 Å². The van der Waals surface area contributed by atoms with Crippen LogP contribution in [0.15, 0.2) is 29.3 Å². The maximum absolute atomic E-state index is 12.4. The van der Waals surface area contributed by atoms with Gasteiger partial charge in [0.05, 0.1) is 17.2 Å². The normalized spacial score (nSPS) is 13.8. The Morgan fingerprint density at radius 2 is 2.14 bits per heavy atom. The molecule has 2 aromatic rings. The van der Waals surface area contributed by atoms with Crippen LogP contribution in [-0.4, -0.2) is 33.2 Å². The molecule has 0 aliphatic heterocycles. The van der Waals surface area contributed by atoms with Crippen LogP contribution in [-0.2, 0) is 11.3 Å². The van der Waals surface area contributed by atoms with Gasteiger partial charge in [-0.1, -0.05) is 19.1 Å². The molecule has 0 bridgehead atoms. The molecule has 1 aromatic carbocycles. The van der Waals surface area contributed by atoms with Crippen molar-refractivity contribution in [3.8, 4) is 0 Å². The molecule has 0 saturated heterocycles. The topological polar surface area (TPSA) is 84.2 Å². The van der Waals surface area contributed by atoms with Crippen molar-refractivity contribution in [1.82, 2.24) is 14.9 Å². The second kappa shape index (κ2) is 6.70. The third kappa shape index (κ3) is 3.33. The van der Waals surface area contributed by atoms with E-state index in [2.05, 4.69) is 10.3 Å². The average molecular weight is 303 g/mol. The number of carbonyl (C=O) groups is 1. The predicted octanol–water partition coefficient (Wildman–Crippen LogP) is 0.838. The third-order valence-electron chi connectivity index (χ3n) is 3.90. The zero-order valence-corrected chi connectivity index (χ0v) is 13.0. The summed E-state index contributed by atoms with van der Waals surface area (Å²) in [6.07, 6.45) is 1.40. The summed E-state index contributed by atoms with van der Waals surface area (Å²) in [4.78, 5) is 28.7. The molecule has 0 aliphatic rings. The zero-order chi connectivity index (χ0) is 16.3. The van der Waals surface area contributed by atoms with Gasteiger partial charge in [-0.3, -0.25) is 14.2 Å². The lowest BCUT2D eigenvalue weighted by Crippen LogP contribution is -2.41. The van der Waals surface area contributed by atoms with Crippen molar-refractivity contribution in [1.29, 1.82) is 0 Å². The lowest BCUT2D eigenvalue weighted by Gasteiger charge is -2.19. The molecular weight excluding hydrogens is 282 g/mol. The molecule has 1 aromatic heterocycles. The smallest absolute Gasteiger partial charge is 0.261 e. The fourth-order valence-electron chi connectivity index (χ4n) is 2.20. The molecule has 0 spiro atoms. The standard InChI is InChI=1S/C16H21N3O3/c1-10-5-4-6-13-15(10)17-9-19(16(13)22)7-14(21)18-12(3)11(2)8-20/h4-6,9,11-12,20H,7-8H2,1-3H3,(H,18,21). The predicted molar refractivity (Wildman–Crippen MR) is 84.6 cm³/mol. The molecule has 0 aliphatic carbocycles. The summed E-state index contributed by atoms with van der Waals surface area (Å²) in [6.45, 7) is 5.47. The van der Waals surface area contributed by atoms with E-state index < -0.39 is 0 Å². The summed E-state index contributed by atoms with van der Waals surface area (Å²) < 4.78 is 1.30. The molecular formula is C16H21N3O3. The molecule has 6 nitrogen and oxygen atoms in total. The van der Waals surface area contributed by atoms with Gasteiger partial charge in [0.2, 0.25) is 5.91 Å². The van der Waals surface area contributed by atoms with Gasteiger partial charge < -0.3 is 10.4 Å². The quantitative estimate of drug-likeness (QED) is 0.857. The molecule has 0 saturated carbocycles. The van der Waals surface area contributed by atoms with Gasteiger partial charge in [0.15, 0.2) is 0 Å². The number of aliphatic hydroxyl groups excluding tert-OH is 1. The van der Waals surface area contributed by atoms with Crippen LogP contribution in [0.25, 0.3) is 10.9 Å². The zero-order valence-electron chi connectivity index (χ0n) is 13.0. The van der Waals surface area contributed by atoms with Gasteiger partial charge in [-0.05, 0) is 31.4 Å². The van der Waals surface area contributed by atoms with Crippen LogP contribution in [0.3, 0.4) is 0 Å². The summed E-state index contributed by atoms with van der Waals surface area (Å²) in [7, 11) is 0. The van der Waals surface area contributed by atoms with E-state index in [0.717, 1.165) is 5.56 Å². The lowest BCUT2D eigenvalue weighted by atomic mass is 10.1. The minimum atomic E-state index is -0.274. The maximum Gasteiger partial charge on any atom is 0.261 e. The van der Waals surface area contributed by atoms with Crippen molar-refractivity contribution in [2.75, 3.05) is 6.61 Å². The first-order chi connectivity index (χ1) is 10.4. The maximum atomic E-state index is 12.4. The van der Waals surface area contributed by atoms with Gasteiger partial charge in [-0.25, -0.2) is 4.98 Å². The van der Waals surface area contributed by atoms with Crippen molar-refractivity contribution >= 4 is 16.8 Å². The molecule has 1 amide bonds. The van der Waals surface area contributed by atoms with E-state index in [1.165, 1.54) is 10.9 Å². The highest BCUT2D eigenvalue weighted by Gasteiger charge is 2.15. The van der Waals surface area contributed by atoms with E-state index >= 15 is 0 Å².